The first-order chi connectivity index (χ1) is 9.72. The van der Waals surface area contributed by atoms with Crippen molar-refractivity contribution in [1.82, 2.24) is 15.0 Å². The molecule has 0 bridgehead atoms. The number of ether oxygens (including phenoxy) is 1. The molecule has 0 aliphatic rings. The zero-order valence-corrected chi connectivity index (χ0v) is 12.0. The first-order valence-electron chi connectivity index (χ1n) is 6.53. The number of aromatic nitrogens is 3. The third-order valence-electron chi connectivity index (χ3n) is 2.77. The maximum absolute atomic E-state index is 5.11. The number of hydrogen-bond acceptors (Lipinski definition) is 6. The minimum absolute atomic E-state index is 0.608. The topological polar surface area (TPSA) is 72.0 Å². The molecule has 0 amide bonds. The highest BCUT2D eigenvalue weighted by molar-refractivity contribution is 5.46. The monoisotopic (exact) mass is 273 g/mol. The Bertz CT molecular complexity index is 573. The van der Waals surface area contributed by atoms with E-state index in [1.165, 1.54) is 0 Å². The van der Waals surface area contributed by atoms with Crippen LogP contribution in [0, 0.1) is 6.92 Å². The molecular formula is C14H19N5O. The lowest BCUT2D eigenvalue weighted by Crippen LogP contribution is -2.08. The van der Waals surface area contributed by atoms with E-state index in [-0.39, 0.29) is 0 Å². The van der Waals surface area contributed by atoms with Crippen molar-refractivity contribution < 1.29 is 4.74 Å². The van der Waals surface area contributed by atoms with Gasteiger partial charge in [-0.2, -0.15) is 4.98 Å². The van der Waals surface area contributed by atoms with E-state index >= 15 is 0 Å². The molecule has 0 aliphatic carbocycles. The summed E-state index contributed by atoms with van der Waals surface area (Å²) in [5.74, 6) is 2.07. The van der Waals surface area contributed by atoms with E-state index in [1.807, 2.05) is 26.0 Å². The van der Waals surface area contributed by atoms with Gasteiger partial charge in [0.05, 0.1) is 7.11 Å². The van der Waals surface area contributed by atoms with Gasteiger partial charge in [-0.3, -0.25) is 0 Å². The van der Waals surface area contributed by atoms with Crippen molar-refractivity contribution in [1.29, 1.82) is 0 Å². The highest BCUT2D eigenvalue weighted by Gasteiger charge is 2.04. The van der Waals surface area contributed by atoms with Crippen LogP contribution in [0.5, 0.6) is 5.88 Å². The van der Waals surface area contributed by atoms with Crippen LogP contribution in [-0.2, 0) is 6.54 Å². The van der Waals surface area contributed by atoms with Gasteiger partial charge in [0, 0.05) is 37.1 Å². The molecule has 0 unspecified atom stereocenters. The lowest BCUT2D eigenvalue weighted by Gasteiger charge is -2.10. The van der Waals surface area contributed by atoms with Crippen molar-refractivity contribution in [3.05, 3.63) is 35.7 Å². The standard InChI is InChI=1S/C14H19N5O/c1-4-15-14-18-8-10(2)13(19-14)17-9-11-5-6-16-12(7-11)20-3/h5-8H,4,9H2,1-3H3,(H2,15,17,18,19). The molecule has 2 aromatic heterocycles. The van der Waals surface area contributed by atoms with Crippen LogP contribution in [0.25, 0.3) is 0 Å². The van der Waals surface area contributed by atoms with Crippen molar-refractivity contribution in [2.24, 2.45) is 0 Å². The molecule has 2 rings (SSSR count). The van der Waals surface area contributed by atoms with Crippen LogP contribution in [0.15, 0.2) is 24.5 Å². The smallest absolute Gasteiger partial charge is 0.224 e. The molecule has 0 saturated carbocycles. The molecule has 6 nitrogen and oxygen atoms in total. The summed E-state index contributed by atoms with van der Waals surface area (Å²) in [7, 11) is 1.61. The molecule has 0 aliphatic heterocycles. The Morgan fingerprint density at radius 1 is 1.25 bits per heavy atom. The zero-order valence-electron chi connectivity index (χ0n) is 12.0. The molecule has 106 valence electrons. The van der Waals surface area contributed by atoms with E-state index in [0.29, 0.717) is 18.4 Å². The summed E-state index contributed by atoms with van der Waals surface area (Å²) >= 11 is 0. The number of anilines is 2. The van der Waals surface area contributed by atoms with Gasteiger partial charge < -0.3 is 15.4 Å². The van der Waals surface area contributed by atoms with Gasteiger partial charge in [-0.05, 0) is 25.5 Å². The van der Waals surface area contributed by atoms with Crippen molar-refractivity contribution in [3.8, 4) is 5.88 Å². The quantitative estimate of drug-likeness (QED) is 0.841. The van der Waals surface area contributed by atoms with E-state index in [1.54, 1.807) is 19.5 Å². The normalized spacial score (nSPS) is 10.2. The number of hydrogen-bond donors (Lipinski definition) is 2. The van der Waals surface area contributed by atoms with Crippen LogP contribution >= 0.6 is 0 Å². The summed E-state index contributed by atoms with van der Waals surface area (Å²) in [4.78, 5) is 12.7. The molecule has 0 saturated heterocycles. The first kappa shape index (κ1) is 14.0. The van der Waals surface area contributed by atoms with E-state index < -0.39 is 0 Å². The zero-order chi connectivity index (χ0) is 14.4. The number of nitrogens with one attached hydrogen (secondary N) is 2. The number of aryl methyl sites for hydroxylation is 1. The van der Waals surface area contributed by atoms with Gasteiger partial charge in [0.1, 0.15) is 5.82 Å². The van der Waals surface area contributed by atoms with Gasteiger partial charge in [-0.1, -0.05) is 0 Å². The number of methoxy groups -OCH3 is 1. The summed E-state index contributed by atoms with van der Waals surface area (Å²) in [6.45, 7) is 5.44. The average molecular weight is 273 g/mol. The second kappa shape index (κ2) is 6.70. The molecule has 0 atom stereocenters. The van der Waals surface area contributed by atoms with Gasteiger partial charge in [-0.25, -0.2) is 9.97 Å². The molecule has 0 aromatic carbocycles. The second-order valence-electron chi connectivity index (χ2n) is 4.32. The van der Waals surface area contributed by atoms with Crippen LogP contribution < -0.4 is 15.4 Å². The van der Waals surface area contributed by atoms with E-state index in [4.69, 9.17) is 4.74 Å². The van der Waals surface area contributed by atoms with E-state index in [0.717, 1.165) is 23.5 Å². The van der Waals surface area contributed by atoms with Gasteiger partial charge in [0.15, 0.2) is 0 Å². The molecule has 2 aromatic rings. The van der Waals surface area contributed by atoms with Gasteiger partial charge in [-0.15, -0.1) is 0 Å². The maximum Gasteiger partial charge on any atom is 0.224 e. The SMILES string of the molecule is CCNc1ncc(C)c(NCc2ccnc(OC)c2)n1. The highest BCUT2D eigenvalue weighted by atomic mass is 16.5. The van der Waals surface area contributed by atoms with Crippen LogP contribution in [-0.4, -0.2) is 28.6 Å². The molecule has 0 spiro atoms. The largest absolute Gasteiger partial charge is 0.481 e. The molecule has 0 radical (unpaired) electrons. The lowest BCUT2D eigenvalue weighted by atomic mass is 10.2. The minimum Gasteiger partial charge on any atom is -0.481 e. The highest BCUT2D eigenvalue weighted by Crippen LogP contribution is 2.15. The molecule has 6 heteroatoms. The molecule has 2 heterocycles. The van der Waals surface area contributed by atoms with Crippen molar-refractivity contribution in [2.45, 2.75) is 20.4 Å². The van der Waals surface area contributed by atoms with Crippen LogP contribution in [0.3, 0.4) is 0 Å². The predicted octanol–water partition coefficient (Wildman–Crippen LogP) is 2.23. The Labute approximate surface area is 118 Å². The average Bonchev–Trinajstić information content (AvgIpc) is 2.48. The van der Waals surface area contributed by atoms with Gasteiger partial charge in [0.25, 0.3) is 0 Å². The van der Waals surface area contributed by atoms with Crippen molar-refractivity contribution >= 4 is 11.8 Å². The second-order valence-corrected chi connectivity index (χ2v) is 4.32. The van der Waals surface area contributed by atoms with Crippen LogP contribution in [0.2, 0.25) is 0 Å². The Hall–Kier alpha value is -2.37. The van der Waals surface area contributed by atoms with Crippen molar-refractivity contribution in [3.63, 3.8) is 0 Å². The van der Waals surface area contributed by atoms with E-state index in [9.17, 15) is 0 Å². The predicted molar refractivity (Wildman–Crippen MR) is 79.0 cm³/mol. The molecular weight excluding hydrogens is 254 g/mol. The molecule has 0 fully saturated rings. The summed E-state index contributed by atoms with van der Waals surface area (Å²) in [5, 5.41) is 6.40. The lowest BCUT2D eigenvalue weighted by molar-refractivity contribution is 0.397. The Morgan fingerprint density at radius 3 is 2.85 bits per heavy atom. The molecule has 20 heavy (non-hydrogen) atoms. The summed E-state index contributed by atoms with van der Waals surface area (Å²) < 4.78 is 5.11. The third-order valence-corrected chi connectivity index (χ3v) is 2.77. The number of pyridine rings is 1. The first-order valence-corrected chi connectivity index (χ1v) is 6.53. The molecule has 2 N–H and O–H groups in total. The minimum atomic E-state index is 0.608. The summed E-state index contributed by atoms with van der Waals surface area (Å²) in [6.07, 6.45) is 3.53. The van der Waals surface area contributed by atoms with Gasteiger partial charge >= 0.3 is 0 Å². The Balaban J connectivity index is 2.07. The third kappa shape index (κ3) is 3.57. The Morgan fingerprint density at radius 2 is 2.10 bits per heavy atom. The fourth-order valence-electron chi connectivity index (χ4n) is 1.72. The van der Waals surface area contributed by atoms with Crippen molar-refractivity contribution in [2.75, 3.05) is 24.3 Å². The Kier molecular flexibility index (Phi) is 4.70. The number of rotatable bonds is 6. The summed E-state index contributed by atoms with van der Waals surface area (Å²) in [5.41, 5.74) is 2.09. The van der Waals surface area contributed by atoms with Crippen LogP contribution in [0.1, 0.15) is 18.1 Å². The summed E-state index contributed by atoms with van der Waals surface area (Å²) in [6, 6.07) is 3.84. The fourth-order valence-corrected chi connectivity index (χ4v) is 1.72. The number of nitrogens with zero attached hydrogens (tertiary/aromatic N) is 3. The maximum atomic E-state index is 5.11. The van der Waals surface area contributed by atoms with E-state index in [2.05, 4.69) is 25.6 Å². The fraction of sp³-hybridized carbons (Fsp3) is 0.357. The van der Waals surface area contributed by atoms with Gasteiger partial charge in [0.2, 0.25) is 11.8 Å². The van der Waals surface area contributed by atoms with Crippen LogP contribution in [0.4, 0.5) is 11.8 Å².